The summed E-state index contributed by atoms with van der Waals surface area (Å²) >= 11 is 0. The van der Waals surface area contributed by atoms with Crippen LogP contribution >= 0.6 is 0 Å². The van der Waals surface area contributed by atoms with Crippen LogP contribution < -0.4 is 5.32 Å². The minimum absolute atomic E-state index is 0.309. The number of benzene rings is 2. The number of nitrogens with zero attached hydrogens (tertiary/aromatic N) is 3. The number of carbonyl (C=O) groups is 3. The zero-order chi connectivity index (χ0) is 24.8. The first-order valence-electron chi connectivity index (χ1n) is 11.0. The maximum Gasteiger partial charge on any atom is 0.325 e. The van der Waals surface area contributed by atoms with Gasteiger partial charge in [-0.25, -0.2) is 4.79 Å². The normalized spacial score (nSPS) is 17.6. The molecule has 34 heavy (non-hydrogen) atoms. The van der Waals surface area contributed by atoms with Crippen LogP contribution in [-0.2, 0) is 10.3 Å². The monoisotopic (exact) mass is 454 g/mol. The second-order valence-electron chi connectivity index (χ2n) is 9.02. The molecule has 7 heteroatoms. The Morgan fingerprint density at radius 3 is 2.21 bits per heavy atom. The Bertz CT molecular complexity index is 1360. The average molecular weight is 455 g/mol. The van der Waals surface area contributed by atoms with Crippen LogP contribution in [0.3, 0.4) is 0 Å². The van der Waals surface area contributed by atoms with Gasteiger partial charge in [0.15, 0.2) is 5.78 Å². The van der Waals surface area contributed by atoms with E-state index >= 15 is 0 Å². The third kappa shape index (κ3) is 3.77. The summed E-state index contributed by atoms with van der Waals surface area (Å²) in [6, 6.07) is 15.9. The van der Waals surface area contributed by atoms with Crippen LogP contribution in [0.5, 0.6) is 0 Å². The zero-order valence-corrected chi connectivity index (χ0v) is 19.9. The fraction of sp³-hybridized carbons (Fsp3) is 0.259. The molecule has 0 radical (unpaired) electrons. The molecule has 1 aliphatic heterocycles. The number of nitriles is 1. The van der Waals surface area contributed by atoms with Crippen LogP contribution in [0.25, 0.3) is 5.69 Å². The van der Waals surface area contributed by atoms with Crippen molar-refractivity contribution in [1.82, 2.24) is 14.8 Å². The third-order valence-corrected chi connectivity index (χ3v) is 6.36. The SMILES string of the molecule is Cc1cc(C)cc(-n2c(C)cc(C(=O)CN3C(=O)NC(C)(c4ccc(C#N)cc4)C3=O)c2C)c1. The highest BCUT2D eigenvalue weighted by Crippen LogP contribution is 2.30. The smallest absolute Gasteiger partial charge is 0.319 e. The van der Waals surface area contributed by atoms with E-state index in [0.29, 0.717) is 16.7 Å². The molecule has 2 heterocycles. The van der Waals surface area contributed by atoms with Gasteiger partial charge < -0.3 is 9.88 Å². The molecule has 172 valence electrons. The summed E-state index contributed by atoms with van der Waals surface area (Å²) in [5.41, 5.74) is 5.04. The molecule has 1 unspecified atom stereocenters. The molecule has 1 N–H and O–H groups in total. The zero-order valence-electron chi connectivity index (χ0n) is 19.9. The largest absolute Gasteiger partial charge is 0.325 e. The molecule has 1 atom stereocenters. The number of nitrogens with one attached hydrogen (secondary N) is 1. The number of urea groups is 1. The van der Waals surface area contributed by atoms with Crippen LogP contribution in [0.4, 0.5) is 4.79 Å². The first kappa shape index (κ1) is 23.0. The van der Waals surface area contributed by atoms with Gasteiger partial charge in [-0.2, -0.15) is 5.26 Å². The topological polar surface area (TPSA) is 95.2 Å². The number of hydrogen-bond acceptors (Lipinski definition) is 4. The van der Waals surface area contributed by atoms with Gasteiger partial charge in [-0.3, -0.25) is 14.5 Å². The molecule has 0 spiro atoms. The molecule has 0 aliphatic carbocycles. The maximum atomic E-state index is 13.3. The van der Waals surface area contributed by atoms with Crippen molar-refractivity contribution in [2.45, 2.75) is 40.2 Å². The molecule has 3 amide bonds. The number of amides is 3. The van der Waals surface area contributed by atoms with Crippen molar-refractivity contribution in [3.63, 3.8) is 0 Å². The average Bonchev–Trinajstić information content (AvgIpc) is 3.20. The third-order valence-electron chi connectivity index (χ3n) is 6.36. The number of rotatable bonds is 5. The van der Waals surface area contributed by atoms with E-state index in [9.17, 15) is 14.4 Å². The van der Waals surface area contributed by atoms with Gasteiger partial charge in [0.05, 0.1) is 18.2 Å². The highest BCUT2D eigenvalue weighted by molar-refractivity contribution is 6.11. The molecule has 7 nitrogen and oxygen atoms in total. The Balaban J connectivity index is 1.61. The number of aromatic nitrogens is 1. The van der Waals surface area contributed by atoms with Gasteiger partial charge in [0, 0.05) is 22.6 Å². The van der Waals surface area contributed by atoms with E-state index in [4.69, 9.17) is 5.26 Å². The van der Waals surface area contributed by atoms with Crippen LogP contribution in [0, 0.1) is 39.0 Å². The standard InChI is InChI=1S/C27H26N4O3/c1-16-10-17(2)12-22(11-16)31-18(3)13-23(19(31)4)24(32)15-30-25(33)27(5,29-26(30)34)21-8-6-20(14-28)7-9-21/h6-13H,15H2,1-5H3,(H,29,34). The fourth-order valence-corrected chi connectivity index (χ4v) is 4.67. The molecular formula is C27H26N4O3. The van der Waals surface area contributed by atoms with Gasteiger partial charge >= 0.3 is 6.03 Å². The number of Topliss-reactive ketones (excluding diaryl/α,β-unsaturated/α-hetero) is 1. The van der Waals surface area contributed by atoms with Crippen LogP contribution in [0.1, 0.15) is 50.9 Å². The van der Waals surface area contributed by atoms with E-state index in [2.05, 4.69) is 23.5 Å². The minimum Gasteiger partial charge on any atom is -0.319 e. The van der Waals surface area contributed by atoms with Crippen molar-refractivity contribution >= 4 is 17.7 Å². The Morgan fingerprint density at radius 1 is 1.00 bits per heavy atom. The number of carbonyl (C=O) groups excluding carboxylic acids is 3. The summed E-state index contributed by atoms with van der Waals surface area (Å²) in [5, 5.41) is 11.7. The highest BCUT2D eigenvalue weighted by atomic mass is 16.2. The summed E-state index contributed by atoms with van der Waals surface area (Å²) in [6.45, 7) is 9.10. The first-order valence-corrected chi connectivity index (χ1v) is 11.0. The fourth-order valence-electron chi connectivity index (χ4n) is 4.67. The van der Waals surface area contributed by atoms with Crippen molar-refractivity contribution in [3.05, 3.63) is 87.7 Å². The lowest BCUT2D eigenvalue weighted by molar-refractivity contribution is -0.130. The second kappa shape index (κ2) is 8.31. The lowest BCUT2D eigenvalue weighted by atomic mass is 9.91. The predicted octanol–water partition coefficient (Wildman–Crippen LogP) is 4.23. The van der Waals surface area contributed by atoms with Gasteiger partial charge in [-0.1, -0.05) is 18.2 Å². The maximum absolute atomic E-state index is 13.3. The lowest BCUT2D eigenvalue weighted by Gasteiger charge is -2.22. The highest BCUT2D eigenvalue weighted by Gasteiger charge is 2.49. The molecule has 3 aromatic rings. The molecule has 0 bridgehead atoms. The molecule has 1 aromatic heterocycles. The van der Waals surface area contributed by atoms with E-state index in [1.165, 1.54) is 0 Å². The minimum atomic E-state index is -1.30. The van der Waals surface area contributed by atoms with E-state index < -0.39 is 17.5 Å². The Hall–Kier alpha value is -4.18. The van der Waals surface area contributed by atoms with Crippen molar-refractivity contribution in [3.8, 4) is 11.8 Å². The van der Waals surface area contributed by atoms with E-state index in [0.717, 1.165) is 33.1 Å². The second-order valence-corrected chi connectivity index (χ2v) is 9.02. The molecule has 2 aromatic carbocycles. The number of imide groups is 1. The van der Waals surface area contributed by atoms with Crippen LogP contribution in [0.15, 0.2) is 48.5 Å². The van der Waals surface area contributed by atoms with Gasteiger partial charge in [0.1, 0.15) is 5.54 Å². The number of ketones is 1. The van der Waals surface area contributed by atoms with Crippen molar-refractivity contribution in [1.29, 1.82) is 5.26 Å². The molecule has 1 aliphatic rings. The van der Waals surface area contributed by atoms with E-state index in [1.807, 2.05) is 38.3 Å². The summed E-state index contributed by atoms with van der Waals surface area (Å²) in [7, 11) is 0. The van der Waals surface area contributed by atoms with Crippen molar-refractivity contribution in [2.24, 2.45) is 0 Å². The Morgan fingerprint density at radius 2 is 1.62 bits per heavy atom. The van der Waals surface area contributed by atoms with Gasteiger partial charge in [-0.15, -0.1) is 0 Å². The Kier molecular flexibility index (Phi) is 5.62. The summed E-state index contributed by atoms with van der Waals surface area (Å²) < 4.78 is 2.01. The van der Waals surface area contributed by atoms with Crippen LogP contribution in [0.2, 0.25) is 0 Å². The quantitative estimate of drug-likeness (QED) is 0.461. The lowest BCUT2D eigenvalue weighted by Crippen LogP contribution is -2.41. The van der Waals surface area contributed by atoms with Gasteiger partial charge in [0.2, 0.25) is 0 Å². The van der Waals surface area contributed by atoms with E-state index in [-0.39, 0.29) is 12.3 Å². The molecule has 1 saturated heterocycles. The van der Waals surface area contributed by atoms with Crippen molar-refractivity contribution < 1.29 is 14.4 Å². The van der Waals surface area contributed by atoms with Crippen molar-refractivity contribution in [2.75, 3.05) is 6.54 Å². The summed E-state index contributed by atoms with van der Waals surface area (Å²) in [6.07, 6.45) is 0. The molecule has 4 rings (SSSR count). The summed E-state index contributed by atoms with van der Waals surface area (Å²) in [5.74, 6) is -0.810. The number of aryl methyl sites for hydroxylation is 3. The molecular weight excluding hydrogens is 428 g/mol. The van der Waals surface area contributed by atoms with Gasteiger partial charge in [-0.05, 0) is 81.6 Å². The Labute approximate surface area is 198 Å². The molecule has 1 fully saturated rings. The molecule has 0 saturated carbocycles. The summed E-state index contributed by atoms with van der Waals surface area (Å²) in [4.78, 5) is 40.1. The van der Waals surface area contributed by atoms with Crippen LogP contribution in [-0.4, -0.2) is 33.7 Å². The van der Waals surface area contributed by atoms with Gasteiger partial charge in [0.25, 0.3) is 5.91 Å². The predicted molar refractivity (Wildman–Crippen MR) is 128 cm³/mol. The number of hydrogen-bond donors (Lipinski definition) is 1. The van der Waals surface area contributed by atoms with E-state index in [1.54, 1.807) is 37.3 Å². The first-order chi connectivity index (χ1) is 16.0.